The van der Waals surface area contributed by atoms with E-state index in [0.717, 1.165) is 17.8 Å². The molecule has 10 atom stereocenters. The average Bonchev–Trinajstić information content (AvgIpc) is 3.35. The molecule has 0 aromatic carbocycles. The number of nitrogens with zero attached hydrogens (tertiary/aromatic N) is 3. The minimum Gasteiger partial charge on any atom is -0.387 e. The highest BCUT2D eigenvalue weighted by molar-refractivity contribution is 7.61. The third-order valence-electron chi connectivity index (χ3n) is 5.54. The summed E-state index contributed by atoms with van der Waals surface area (Å²) >= 11 is 0. The Balaban J connectivity index is 1.40. The number of hydrogen-bond donors (Lipinski definition) is 8. The summed E-state index contributed by atoms with van der Waals surface area (Å²) in [5.41, 5.74) is 4.57. The molecule has 0 bridgehead atoms. The molecule has 0 aliphatic carbocycles. The van der Waals surface area contributed by atoms with Crippen molar-refractivity contribution in [3.8, 4) is 0 Å². The summed E-state index contributed by atoms with van der Waals surface area (Å²) in [6, 6.07) is 0. The molecule has 0 saturated carbocycles. The number of hydrogen-bond acceptors (Lipinski definition) is 16. The number of H-pyrrole nitrogens is 1. The second kappa shape index (κ2) is 10.4. The number of aliphatic hydroxyl groups is 4. The molecule has 212 valence electrons. The molecule has 4 heterocycles. The highest BCUT2D eigenvalue weighted by Crippen LogP contribution is 2.61. The number of nitrogens with one attached hydrogen (secondary N) is 1. The fraction of sp³-hybridized carbons (Fsp3) is 0.625. The number of fused-ring (bicyclic) bond motifs is 1. The maximum atomic E-state index is 12.3. The van der Waals surface area contributed by atoms with Gasteiger partial charge in [-0.2, -0.15) is 9.29 Å². The second-order valence-corrected chi connectivity index (χ2v) is 11.2. The van der Waals surface area contributed by atoms with Crippen molar-refractivity contribution in [2.45, 2.75) is 56.1 Å². The summed E-state index contributed by atoms with van der Waals surface area (Å²) in [5.74, 6) is -1.21. The van der Waals surface area contributed by atoms with Crippen LogP contribution in [0.3, 0.4) is 0 Å². The molecule has 38 heavy (non-hydrogen) atoms. The number of phosphoric acid groups is 2. The van der Waals surface area contributed by atoms with Crippen molar-refractivity contribution in [2.24, 2.45) is 0 Å². The minimum atomic E-state index is -5.53. The molecular formula is C16H23N5O15P2. The van der Waals surface area contributed by atoms with E-state index in [-0.39, 0.29) is 17.1 Å². The van der Waals surface area contributed by atoms with Gasteiger partial charge in [-0.1, -0.05) is 0 Å². The van der Waals surface area contributed by atoms with Crippen LogP contribution in [-0.4, -0.2) is 105 Å². The van der Waals surface area contributed by atoms with Crippen LogP contribution in [0.4, 0.5) is 5.95 Å². The number of Topliss-reactive ketones (excluding diaryl/α,β-unsaturated/α-hetero) is 1. The first-order valence-corrected chi connectivity index (χ1v) is 13.6. The lowest BCUT2D eigenvalue weighted by Gasteiger charge is -2.34. The van der Waals surface area contributed by atoms with Crippen molar-refractivity contribution in [1.82, 2.24) is 19.5 Å². The van der Waals surface area contributed by atoms with Crippen LogP contribution in [0.5, 0.6) is 0 Å². The van der Waals surface area contributed by atoms with E-state index in [4.69, 9.17) is 15.2 Å². The van der Waals surface area contributed by atoms with Gasteiger partial charge in [0.05, 0.1) is 12.9 Å². The first-order chi connectivity index (χ1) is 17.6. The molecule has 2 aliphatic heterocycles. The van der Waals surface area contributed by atoms with E-state index < -0.39 is 82.7 Å². The molecule has 22 heteroatoms. The number of rotatable bonds is 8. The van der Waals surface area contributed by atoms with Gasteiger partial charge in [0.25, 0.3) is 5.56 Å². The molecule has 2 saturated heterocycles. The highest BCUT2D eigenvalue weighted by Gasteiger charge is 2.49. The predicted octanol–water partition coefficient (Wildman–Crippen LogP) is -3.39. The number of imidazole rings is 1. The van der Waals surface area contributed by atoms with Crippen LogP contribution in [-0.2, 0) is 36.8 Å². The van der Waals surface area contributed by atoms with Crippen molar-refractivity contribution < 1.29 is 67.0 Å². The largest absolute Gasteiger partial charge is 0.483 e. The smallest absolute Gasteiger partial charge is 0.387 e. The van der Waals surface area contributed by atoms with E-state index in [2.05, 4.69) is 28.3 Å². The van der Waals surface area contributed by atoms with E-state index >= 15 is 0 Å². The van der Waals surface area contributed by atoms with Gasteiger partial charge in [-0.25, -0.2) is 14.1 Å². The topological polar surface area (TPSA) is 308 Å². The molecule has 2 unspecified atom stereocenters. The number of aromatic nitrogens is 4. The maximum Gasteiger partial charge on any atom is 0.483 e. The van der Waals surface area contributed by atoms with Crippen LogP contribution in [0.15, 0.2) is 11.1 Å². The lowest BCUT2D eigenvalue weighted by atomic mass is 10.0. The van der Waals surface area contributed by atoms with E-state index in [0.29, 0.717) is 0 Å². The maximum absolute atomic E-state index is 12.3. The van der Waals surface area contributed by atoms with Gasteiger partial charge in [-0.05, 0) is 6.92 Å². The molecule has 9 N–H and O–H groups in total. The van der Waals surface area contributed by atoms with Gasteiger partial charge in [-0.3, -0.25) is 28.2 Å². The molecular weight excluding hydrogens is 564 g/mol. The van der Waals surface area contributed by atoms with Crippen LogP contribution in [0.25, 0.3) is 11.2 Å². The SMILES string of the molecule is C[C@@H]1O[C@H](OP(=O)(O)OP(=O)(O)OC[C@H]2O[C@@H](n3cnc4c(=O)[nH]c(N)nc43)[C@H](O)[C@@H]2O)[C@H](O)[C@H](O)C1=O. The lowest BCUT2D eigenvalue weighted by molar-refractivity contribution is -0.226. The Labute approximate surface area is 210 Å². The molecule has 4 rings (SSSR count). The van der Waals surface area contributed by atoms with Gasteiger partial charge in [0.15, 0.2) is 29.5 Å². The molecule has 2 aliphatic rings. The Morgan fingerprint density at radius 3 is 2.47 bits per heavy atom. The molecule has 0 spiro atoms. The van der Waals surface area contributed by atoms with E-state index in [1.165, 1.54) is 0 Å². The number of nitrogen functional groups attached to an aromatic ring is 1. The molecule has 0 radical (unpaired) electrons. The van der Waals surface area contributed by atoms with Crippen molar-refractivity contribution >= 4 is 38.5 Å². The zero-order valence-corrected chi connectivity index (χ0v) is 20.9. The summed E-state index contributed by atoms with van der Waals surface area (Å²) < 4.78 is 49.0. The number of aromatic amines is 1. The number of carbonyl (C=O) groups is 1. The number of ketones is 1. The quantitative estimate of drug-likeness (QED) is 0.140. The van der Waals surface area contributed by atoms with Crippen molar-refractivity contribution in [3.05, 3.63) is 16.7 Å². The van der Waals surface area contributed by atoms with E-state index in [1.54, 1.807) is 0 Å². The Kier molecular flexibility index (Phi) is 7.92. The predicted molar refractivity (Wildman–Crippen MR) is 118 cm³/mol. The van der Waals surface area contributed by atoms with Crippen LogP contribution in [0.2, 0.25) is 0 Å². The fourth-order valence-corrected chi connectivity index (χ4v) is 5.85. The third kappa shape index (κ3) is 5.73. The number of nitrogens with two attached hydrogens (primary N) is 1. The molecule has 20 nitrogen and oxygen atoms in total. The zero-order chi connectivity index (χ0) is 28.2. The third-order valence-corrected chi connectivity index (χ3v) is 8.14. The number of ether oxygens (including phenoxy) is 2. The second-order valence-electron chi connectivity index (χ2n) is 8.23. The number of aliphatic hydroxyl groups excluding tert-OH is 4. The van der Waals surface area contributed by atoms with Crippen molar-refractivity contribution in [2.75, 3.05) is 12.3 Å². The van der Waals surface area contributed by atoms with E-state index in [9.17, 15) is 48.9 Å². The fourth-order valence-electron chi connectivity index (χ4n) is 3.69. The summed E-state index contributed by atoms with van der Waals surface area (Å²) in [6.07, 6.45) is -12.9. The number of anilines is 1. The van der Waals surface area contributed by atoms with Crippen LogP contribution in [0, 0.1) is 0 Å². The first-order valence-electron chi connectivity index (χ1n) is 10.6. The van der Waals surface area contributed by atoms with Crippen LogP contribution in [0.1, 0.15) is 13.2 Å². The van der Waals surface area contributed by atoms with Crippen molar-refractivity contribution in [1.29, 1.82) is 0 Å². The molecule has 2 fully saturated rings. The Hall–Kier alpha value is -2.16. The summed E-state index contributed by atoms with van der Waals surface area (Å²) in [4.78, 5) is 53.2. The number of phosphoric ester groups is 2. The molecule has 2 aromatic heterocycles. The minimum absolute atomic E-state index is 0.105. The molecule has 0 amide bonds. The van der Waals surface area contributed by atoms with Gasteiger partial charge in [0, 0.05) is 0 Å². The van der Waals surface area contributed by atoms with Crippen molar-refractivity contribution in [3.63, 3.8) is 0 Å². The van der Waals surface area contributed by atoms with Gasteiger partial charge < -0.3 is 45.4 Å². The Morgan fingerprint density at radius 2 is 1.79 bits per heavy atom. The van der Waals surface area contributed by atoms with Gasteiger partial charge in [-0.15, -0.1) is 0 Å². The average molecular weight is 587 g/mol. The summed E-state index contributed by atoms with van der Waals surface area (Å²) in [6.45, 7) is 0.180. The number of carbonyl (C=O) groups excluding carboxylic acids is 1. The van der Waals surface area contributed by atoms with Gasteiger partial charge in [0.1, 0.15) is 36.6 Å². The summed E-state index contributed by atoms with van der Waals surface area (Å²) in [7, 11) is -11.0. The standard InChI is InChI=1S/C16H23N5O15P2/c1-4-7(22)9(24)11(26)15(33-4)35-38(30,31)36-37(28,29)32-2-5-8(23)10(25)14(34-5)21-3-18-6-12(21)19-16(17)20-13(6)27/h3-5,8-11,14-15,23-26H,2H2,1H3,(H,28,29)(H,30,31)(H3,17,19,20,27)/t4-,5+,8+,9+,10+,11+,14+,15+/m0/s1. The van der Waals surface area contributed by atoms with Crippen LogP contribution < -0.4 is 11.3 Å². The molecule has 2 aromatic rings. The zero-order valence-electron chi connectivity index (χ0n) is 19.1. The summed E-state index contributed by atoms with van der Waals surface area (Å²) in [5, 5.41) is 40.2. The monoisotopic (exact) mass is 587 g/mol. The van der Waals surface area contributed by atoms with Gasteiger partial charge >= 0.3 is 15.6 Å². The normalized spacial score (nSPS) is 35.3. The van der Waals surface area contributed by atoms with E-state index in [1.807, 2.05) is 0 Å². The first kappa shape index (κ1) is 28.8. The lowest BCUT2D eigenvalue weighted by Crippen LogP contribution is -2.54. The Morgan fingerprint density at radius 1 is 1.11 bits per heavy atom. The van der Waals surface area contributed by atoms with Gasteiger partial charge in [0.2, 0.25) is 5.95 Å². The van der Waals surface area contributed by atoms with Crippen LogP contribution >= 0.6 is 15.6 Å². The highest BCUT2D eigenvalue weighted by atomic mass is 31.3. The Bertz CT molecular complexity index is 1370.